The first-order chi connectivity index (χ1) is 6.53. The fourth-order valence-corrected chi connectivity index (χ4v) is 11.5. The predicted molar refractivity (Wildman–Crippen MR) is 69.0 cm³/mol. The van der Waals surface area contributed by atoms with Gasteiger partial charge in [-0.15, -0.1) is 0 Å². The summed E-state index contributed by atoms with van der Waals surface area (Å²) in [5, 5.41) is 0. The van der Waals surface area contributed by atoms with Crippen molar-refractivity contribution in [1.29, 1.82) is 0 Å². The van der Waals surface area contributed by atoms with Crippen molar-refractivity contribution < 1.29 is 4.74 Å². The number of hydrogen-bond donors (Lipinski definition) is 0. The Labute approximate surface area is 102 Å². The summed E-state index contributed by atoms with van der Waals surface area (Å²) in [4.78, 5) is 2.56. The molecule has 2 rings (SSSR count). The normalized spacial score (nSPS) is 45.0. The molecule has 2 unspecified atom stereocenters. The summed E-state index contributed by atoms with van der Waals surface area (Å²) in [5.74, 6) is 0. The molecule has 0 aromatic rings. The van der Waals surface area contributed by atoms with Crippen LogP contribution in [0.2, 0.25) is 0 Å². The van der Waals surface area contributed by atoms with Crippen LogP contribution in [0, 0.1) is 0 Å². The lowest BCUT2D eigenvalue weighted by Gasteiger charge is -2.30. The van der Waals surface area contributed by atoms with Crippen LogP contribution in [0.25, 0.3) is 0 Å². The molecule has 0 radical (unpaired) electrons. The molecule has 0 aromatic heterocycles. The molecule has 2 aliphatic heterocycles. The quantitative estimate of drug-likeness (QED) is 0.500. The summed E-state index contributed by atoms with van der Waals surface area (Å²) in [6.45, 7) is 6.97. The molecule has 0 spiro atoms. The zero-order valence-electron chi connectivity index (χ0n) is 9.35. The van der Waals surface area contributed by atoms with Crippen LogP contribution in [-0.2, 0) is 4.74 Å². The van der Waals surface area contributed by atoms with E-state index in [0.717, 1.165) is 6.61 Å². The summed E-state index contributed by atoms with van der Waals surface area (Å²) >= 11 is 2.69. The van der Waals surface area contributed by atoms with E-state index in [2.05, 4.69) is 46.1 Å². The number of hydrogen-bond acceptors (Lipinski definition) is 2. The monoisotopic (exact) mass is 323 g/mol. The third-order valence-electron chi connectivity index (χ3n) is 4.23. The van der Waals surface area contributed by atoms with E-state index < -0.39 is 10.9 Å². The van der Waals surface area contributed by atoms with Gasteiger partial charge in [0.15, 0.2) is 0 Å². The summed E-state index contributed by atoms with van der Waals surface area (Å²) in [5.41, 5.74) is 0. The second-order valence-electron chi connectivity index (χ2n) is 4.95. The van der Waals surface area contributed by atoms with Gasteiger partial charge in [0.2, 0.25) is 0 Å². The van der Waals surface area contributed by atoms with Crippen molar-refractivity contribution in [3.63, 3.8) is 0 Å². The van der Waals surface area contributed by atoms with E-state index in [0.29, 0.717) is 4.40 Å². The minimum absolute atomic E-state index is 0.229. The van der Waals surface area contributed by atoms with Crippen molar-refractivity contribution in [3.05, 3.63) is 0 Å². The van der Waals surface area contributed by atoms with Crippen molar-refractivity contribution in [2.75, 3.05) is 20.2 Å². The van der Waals surface area contributed by atoms with Gasteiger partial charge in [0, 0.05) is 15.5 Å². The van der Waals surface area contributed by atoms with Gasteiger partial charge in [0.05, 0.1) is 0 Å². The molecule has 0 aromatic carbocycles. The minimum atomic E-state index is -0.748. The second-order valence-corrected chi connectivity index (χ2v) is 11.6. The Morgan fingerprint density at radius 3 is 2.71 bits per heavy atom. The Kier molecular flexibility index (Phi) is 3.24. The van der Waals surface area contributed by atoms with Gasteiger partial charge in [0.25, 0.3) is 0 Å². The Morgan fingerprint density at radius 1 is 1.29 bits per heavy atom. The molecule has 0 N–H and O–H groups in total. The average Bonchev–Trinajstić information content (AvgIpc) is 2.56. The zero-order valence-corrected chi connectivity index (χ0v) is 12.7. The highest BCUT2D eigenvalue weighted by atomic mass is 127. The third kappa shape index (κ3) is 1.49. The molecule has 14 heavy (non-hydrogen) atoms. The zero-order chi connectivity index (χ0) is 10.4. The summed E-state index contributed by atoms with van der Waals surface area (Å²) < 4.78 is 6.75. The first kappa shape index (κ1) is 11.7. The van der Waals surface area contributed by atoms with Gasteiger partial charge >= 0.3 is 10.9 Å². The maximum atomic E-state index is 6.12. The van der Waals surface area contributed by atoms with E-state index in [1.165, 1.54) is 25.8 Å². The standard InChI is InChI=1S/C10H19NO.Al.HI/c1-9-10(2)12-8-6-4-5-7-11(9)3;;/h4-8H2,1-3H3;;1H/q;+1;/p-1. The van der Waals surface area contributed by atoms with E-state index in [1.54, 1.807) is 0 Å². The van der Waals surface area contributed by atoms with E-state index in [-0.39, 0.29) is 4.46 Å². The molecule has 2 saturated heterocycles. The van der Waals surface area contributed by atoms with E-state index >= 15 is 0 Å². The number of ether oxygens (including phenoxy) is 1. The first-order valence-electron chi connectivity index (χ1n) is 5.53. The van der Waals surface area contributed by atoms with Gasteiger partial charge < -0.3 is 9.64 Å². The highest BCUT2D eigenvalue weighted by Gasteiger charge is 2.78. The van der Waals surface area contributed by atoms with Crippen LogP contribution in [0.1, 0.15) is 33.1 Å². The number of likely N-dealkylation sites (N-methyl/N-ethyl adjacent to an activating group) is 1. The maximum Gasteiger partial charge on any atom is 0.425 e. The smallest absolute Gasteiger partial charge is 0.388 e. The second kappa shape index (κ2) is 3.89. The summed E-state index contributed by atoms with van der Waals surface area (Å²) in [7, 11) is 1.53. The average molecular weight is 323 g/mol. The highest BCUT2D eigenvalue weighted by Crippen LogP contribution is 2.55. The van der Waals surface area contributed by atoms with Crippen molar-refractivity contribution in [1.82, 2.24) is 4.90 Å². The van der Waals surface area contributed by atoms with Gasteiger partial charge in [-0.05, 0) is 39.8 Å². The van der Waals surface area contributed by atoms with Crippen LogP contribution in [0.4, 0.5) is 0 Å². The van der Waals surface area contributed by atoms with Crippen molar-refractivity contribution in [2.45, 2.75) is 42.0 Å². The molecule has 0 amide bonds. The number of fused-ring (bicyclic) bond motifs is 1. The fraction of sp³-hybridized carbons (Fsp3) is 1.00. The maximum absolute atomic E-state index is 6.12. The highest BCUT2D eigenvalue weighted by molar-refractivity contribution is 14.1. The van der Waals surface area contributed by atoms with E-state index in [1.807, 2.05) is 0 Å². The molecule has 0 bridgehead atoms. The molecule has 4 heteroatoms. The van der Waals surface area contributed by atoms with Crippen molar-refractivity contribution in [2.24, 2.45) is 0 Å². The molecular formula is C10H19AlINO. The molecule has 2 nitrogen and oxygen atoms in total. The fourth-order valence-electron chi connectivity index (χ4n) is 2.62. The van der Waals surface area contributed by atoms with Crippen LogP contribution in [0.3, 0.4) is 0 Å². The lowest BCUT2D eigenvalue weighted by molar-refractivity contribution is 0.0128. The lowest BCUT2D eigenvalue weighted by atomic mass is 10.2. The molecule has 2 heterocycles. The molecule has 2 atom stereocenters. The minimum Gasteiger partial charge on any atom is -0.388 e. The lowest BCUT2D eigenvalue weighted by Crippen LogP contribution is -2.40. The van der Waals surface area contributed by atoms with Crippen molar-refractivity contribution >= 4 is 31.1 Å². The molecular weight excluding hydrogens is 304 g/mol. The molecule has 2 fully saturated rings. The van der Waals surface area contributed by atoms with Gasteiger partial charge in [-0.1, -0.05) is 6.92 Å². The van der Waals surface area contributed by atoms with Crippen LogP contribution < -0.4 is 0 Å². The molecule has 80 valence electrons. The van der Waals surface area contributed by atoms with Crippen LogP contribution >= 0.6 is 20.3 Å². The van der Waals surface area contributed by atoms with Crippen LogP contribution in [-0.4, -0.2) is 44.8 Å². The number of rotatable bonds is 0. The SMILES string of the molecule is CN1CCCCCO[C]2(C)[Al]([I])[C]12C. The molecule has 0 aliphatic carbocycles. The Morgan fingerprint density at radius 2 is 2.00 bits per heavy atom. The van der Waals surface area contributed by atoms with Crippen LogP contribution in [0.5, 0.6) is 0 Å². The van der Waals surface area contributed by atoms with Gasteiger partial charge in [-0.2, -0.15) is 0 Å². The largest absolute Gasteiger partial charge is 0.425 e. The third-order valence-corrected chi connectivity index (χ3v) is 14.8. The van der Waals surface area contributed by atoms with E-state index in [9.17, 15) is 0 Å². The Hall–Kier alpha value is 1.18. The first-order valence-corrected chi connectivity index (χ1v) is 10.9. The van der Waals surface area contributed by atoms with Gasteiger partial charge in [-0.3, -0.25) is 0 Å². The number of halogens is 1. The molecule has 0 saturated carbocycles. The Balaban J connectivity index is 2.16. The van der Waals surface area contributed by atoms with Gasteiger partial charge in [0.1, 0.15) is 0 Å². The van der Waals surface area contributed by atoms with Crippen molar-refractivity contribution in [3.8, 4) is 0 Å². The predicted octanol–water partition coefficient (Wildman–Crippen LogP) is 2.15. The van der Waals surface area contributed by atoms with E-state index in [4.69, 9.17) is 4.74 Å². The summed E-state index contributed by atoms with van der Waals surface area (Å²) in [6, 6.07) is 0. The topological polar surface area (TPSA) is 12.5 Å². The van der Waals surface area contributed by atoms with Crippen LogP contribution in [0.15, 0.2) is 0 Å². The van der Waals surface area contributed by atoms with Gasteiger partial charge in [-0.25, -0.2) is 20.3 Å². The molecule has 2 aliphatic rings. The Bertz CT molecular complexity index is 240. The number of nitrogens with zero attached hydrogens (tertiary/aromatic N) is 1. The summed E-state index contributed by atoms with van der Waals surface area (Å²) in [6.07, 6.45) is 3.91.